The van der Waals surface area contributed by atoms with Gasteiger partial charge in [0.05, 0.1) is 32.3 Å². The fourth-order valence-corrected chi connectivity index (χ4v) is 3.89. The molecule has 4 aromatic rings. The molecule has 146 valence electrons. The molecule has 1 saturated carbocycles. The lowest BCUT2D eigenvalue weighted by Gasteiger charge is -2.09. The third-order valence-corrected chi connectivity index (χ3v) is 5.79. The third-order valence-electron chi connectivity index (χ3n) is 4.67. The lowest BCUT2D eigenvalue weighted by Crippen LogP contribution is -2.22. The Labute approximate surface area is 167 Å². The van der Waals surface area contributed by atoms with Crippen LogP contribution in [0.2, 0.25) is 0 Å². The Kier molecular flexibility index (Phi) is 3.88. The number of rotatable bonds is 5. The van der Waals surface area contributed by atoms with Gasteiger partial charge < -0.3 is 21.0 Å². The summed E-state index contributed by atoms with van der Waals surface area (Å²) < 4.78 is 1.74. The number of carbonyl (C=O) groups is 1. The van der Waals surface area contributed by atoms with Crippen LogP contribution in [0.3, 0.4) is 0 Å². The van der Waals surface area contributed by atoms with E-state index in [9.17, 15) is 9.59 Å². The first-order valence-electron chi connectivity index (χ1n) is 9.02. The zero-order valence-corrected chi connectivity index (χ0v) is 16.0. The molecule has 0 spiro atoms. The van der Waals surface area contributed by atoms with Crippen LogP contribution in [0.5, 0.6) is 0 Å². The highest BCUT2D eigenvalue weighted by Gasteiger charge is 2.23. The maximum absolute atomic E-state index is 11.5. The zero-order chi connectivity index (χ0) is 20.1. The van der Waals surface area contributed by atoms with Gasteiger partial charge in [-0.15, -0.1) is 11.3 Å². The molecule has 0 unspecified atom stereocenters. The number of thiophene rings is 1. The molecule has 4 heterocycles. The molecule has 1 amide bonds. The van der Waals surface area contributed by atoms with E-state index in [4.69, 9.17) is 10.7 Å². The molecule has 5 rings (SSSR count). The lowest BCUT2D eigenvalue weighted by atomic mass is 10.2. The van der Waals surface area contributed by atoms with Gasteiger partial charge in [0.1, 0.15) is 5.82 Å². The molecule has 0 bridgehead atoms. The predicted octanol–water partition coefficient (Wildman–Crippen LogP) is 0.387. The van der Waals surface area contributed by atoms with Crippen molar-refractivity contribution >= 4 is 41.4 Å². The molecule has 0 radical (unpaired) electrons. The third kappa shape index (κ3) is 3.23. The van der Waals surface area contributed by atoms with Gasteiger partial charge in [0.2, 0.25) is 0 Å². The number of aromatic amines is 2. The minimum atomic E-state index is -0.462. The van der Waals surface area contributed by atoms with E-state index in [1.807, 2.05) is 12.1 Å². The number of carbonyl (C=O) groups excluding carboxylic acids is 1. The zero-order valence-electron chi connectivity index (χ0n) is 15.2. The van der Waals surface area contributed by atoms with Crippen molar-refractivity contribution in [2.75, 3.05) is 5.32 Å². The van der Waals surface area contributed by atoms with E-state index in [0.29, 0.717) is 33.0 Å². The molecule has 0 aliphatic heterocycles. The van der Waals surface area contributed by atoms with Gasteiger partial charge in [-0.05, 0) is 31.1 Å². The van der Waals surface area contributed by atoms with Gasteiger partial charge in [-0.25, -0.2) is 9.78 Å². The summed E-state index contributed by atoms with van der Waals surface area (Å²) in [6.07, 6.45) is 5.70. The van der Waals surface area contributed by atoms with Crippen molar-refractivity contribution in [3.8, 4) is 10.6 Å². The Hall–Kier alpha value is -3.66. The fraction of sp³-hybridized carbons (Fsp3) is 0.158. The van der Waals surface area contributed by atoms with E-state index in [2.05, 4.69) is 27.0 Å². The lowest BCUT2D eigenvalue weighted by molar-refractivity contribution is 0.100. The average molecular weight is 407 g/mol. The number of imidazole rings is 1. The van der Waals surface area contributed by atoms with Crippen LogP contribution in [0.1, 0.15) is 28.1 Å². The molecule has 0 atom stereocenters. The van der Waals surface area contributed by atoms with Crippen LogP contribution in [0.4, 0.5) is 5.82 Å². The summed E-state index contributed by atoms with van der Waals surface area (Å²) >= 11 is 1.30. The van der Waals surface area contributed by atoms with Crippen LogP contribution in [-0.4, -0.2) is 36.5 Å². The molecule has 0 aromatic carbocycles. The number of hydrogen-bond acceptors (Lipinski definition) is 6. The Balaban J connectivity index is 1.70. The standard InChI is InChI=1S/C19H17N7O2S/c1-9-12(25-19(28)22-9)6-10-8-21-26-16(23-11-2-3-11)7-13(24-18(10)26)14-4-5-15(29-14)17(20)27/h4-8,11,23H,1-3H2,(H2,20,27)(H2,22,25,28)/b12-6-. The highest BCUT2D eigenvalue weighted by Crippen LogP contribution is 2.31. The molecule has 10 heteroatoms. The number of anilines is 1. The molecular formula is C19H17N7O2S. The van der Waals surface area contributed by atoms with E-state index in [1.54, 1.807) is 22.9 Å². The van der Waals surface area contributed by atoms with Crippen molar-refractivity contribution in [2.24, 2.45) is 5.73 Å². The number of nitrogens with zero attached hydrogens (tertiary/aromatic N) is 3. The van der Waals surface area contributed by atoms with Gasteiger partial charge in [-0.2, -0.15) is 9.61 Å². The number of aromatic nitrogens is 5. The van der Waals surface area contributed by atoms with E-state index < -0.39 is 5.91 Å². The number of amides is 1. The first kappa shape index (κ1) is 17.4. The second kappa shape index (κ2) is 6.45. The first-order chi connectivity index (χ1) is 14.0. The summed E-state index contributed by atoms with van der Waals surface area (Å²) in [7, 11) is 0. The smallest absolute Gasteiger partial charge is 0.323 e. The minimum absolute atomic E-state index is 0.319. The maximum atomic E-state index is 11.5. The first-order valence-corrected chi connectivity index (χ1v) is 9.84. The minimum Gasteiger partial charge on any atom is -0.367 e. The van der Waals surface area contributed by atoms with Crippen molar-refractivity contribution < 1.29 is 4.79 Å². The number of nitrogens with two attached hydrogens (primary N) is 1. The number of H-pyrrole nitrogens is 2. The molecule has 1 aliphatic rings. The summed E-state index contributed by atoms with van der Waals surface area (Å²) in [4.78, 5) is 34.4. The normalized spacial score (nSPS) is 14.6. The van der Waals surface area contributed by atoms with Gasteiger partial charge in [-0.1, -0.05) is 6.58 Å². The van der Waals surface area contributed by atoms with Gasteiger partial charge in [0.25, 0.3) is 5.91 Å². The van der Waals surface area contributed by atoms with Gasteiger partial charge in [0.15, 0.2) is 5.65 Å². The molecule has 1 fully saturated rings. The van der Waals surface area contributed by atoms with Crippen LogP contribution in [-0.2, 0) is 0 Å². The fourth-order valence-electron chi connectivity index (χ4n) is 3.07. The second-order valence-corrected chi connectivity index (χ2v) is 8.01. The van der Waals surface area contributed by atoms with Gasteiger partial charge in [0, 0.05) is 17.7 Å². The van der Waals surface area contributed by atoms with E-state index in [-0.39, 0.29) is 5.69 Å². The van der Waals surface area contributed by atoms with Crippen LogP contribution in [0.25, 0.3) is 28.9 Å². The molecule has 29 heavy (non-hydrogen) atoms. The Morgan fingerprint density at radius 1 is 1.38 bits per heavy atom. The van der Waals surface area contributed by atoms with Crippen LogP contribution in [0.15, 0.2) is 29.2 Å². The van der Waals surface area contributed by atoms with E-state index >= 15 is 0 Å². The molecule has 5 N–H and O–H groups in total. The number of hydrogen-bond donors (Lipinski definition) is 4. The Morgan fingerprint density at radius 2 is 2.21 bits per heavy atom. The van der Waals surface area contributed by atoms with Crippen molar-refractivity contribution in [3.63, 3.8) is 0 Å². The molecule has 9 nitrogen and oxygen atoms in total. The summed E-state index contributed by atoms with van der Waals surface area (Å²) in [5, 5.41) is 9.00. The van der Waals surface area contributed by atoms with E-state index in [0.717, 1.165) is 29.1 Å². The van der Waals surface area contributed by atoms with Crippen molar-refractivity contribution in [1.29, 1.82) is 0 Å². The quantitative estimate of drug-likeness (QED) is 0.380. The average Bonchev–Trinajstić information content (AvgIpc) is 3.08. The number of primary amides is 1. The molecule has 0 saturated heterocycles. The van der Waals surface area contributed by atoms with Crippen LogP contribution < -0.4 is 27.4 Å². The topological polar surface area (TPSA) is 134 Å². The van der Waals surface area contributed by atoms with E-state index in [1.165, 1.54) is 11.3 Å². The summed E-state index contributed by atoms with van der Waals surface area (Å²) in [5.74, 6) is 0.356. The van der Waals surface area contributed by atoms with Crippen LogP contribution >= 0.6 is 11.3 Å². The Morgan fingerprint density at radius 3 is 2.86 bits per heavy atom. The SMILES string of the molecule is C=c1[nH]c(=O)[nH]/c1=C\c1cnn2c(NC3CC3)cc(-c3ccc(C(N)=O)s3)nc12. The predicted molar refractivity (Wildman–Crippen MR) is 111 cm³/mol. The molecular weight excluding hydrogens is 390 g/mol. The molecule has 4 aromatic heterocycles. The largest absolute Gasteiger partial charge is 0.367 e. The Bertz CT molecular complexity index is 1420. The van der Waals surface area contributed by atoms with Gasteiger partial charge >= 0.3 is 5.69 Å². The van der Waals surface area contributed by atoms with Crippen LogP contribution in [0, 0.1) is 0 Å². The van der Waals surface area contributed by atoms with Gasteiger partial charge in [-0.3, -0.25) is 4.79 Å². The summed E-state index contributed by atoms with van der Waals surface area (Å²) in [6, 6.07) is 5.87. The van der Waals surface area contributed by atoms with Crippen molar-refractivity contribution in [2.45, 2.75) is 18.9 Å². The highest BCUT2D eigenvalue weighted by atomic mass is 32.1. The van der Waals surface area contributed by atoms with Crippen molar-refractivity contribution in [1.82, 2.24) is 24.6 Å². The maximum Gasteiger partial charge on any atom is 0.323 e. The van der Waals surface area contributed by atoms with Crippen molar-refractivity contribution in [3.05, 3.63) is 56.0 Å². The summed E-state index contributed by atoms with van der Waals surface area (Å²) in [6.45, 7) is 3.83. The highest BCUT2D eigenvalue weighted by molar-refractivity contribution is 7.17. The number of nitrogens with one attached hydrogen (secondary N) is 3. The number of fused-ring (bicyclic) bond motifs is 1. The second-order valence-electron chi connectivity index (χ2n) is 6.92. The molecule has 1 aliphatic carbocycles. The summed E-state index contributed by atoms with van der Waals surface area (Å²) in [5.41, 5.74) is 7.15. The monoisotopic (exact) mass is 407 g/mol.